The zero-order valence-electron chi connectivity index (χ0n) is 21.0. The van der Waals surface area contributed by atoms with E-state index in [4.69, 9.17) is 4.98 Å². The minimum Gasteiger partial charge on any atom is -0.321 e. The maximum Gasteiger partial charge on any atom is 0.257 e. The van der Waals surface area contributed by atoms with Crippen molar-refractivity contribution in [2.75, 3.05) is 4.90 Å². The molecule has 0 spiro atoms. The van der Waals surface area contributed by atoms with Crippen LogP contribution in [-0.2, 0) is 9.59 Å². The molecule has 1 aliphatic heterocycles. The molecule has 1 unspecified atom stereocenters. The minimum atomic E-state index is -0.961. The first kappa shape index (κ1) is 24.8. The van der Waals surface area contributed by atoms with Gasteiger partial charge in [-0.2, -0.15) is 0 Å². The number of anilines is 1. The fourth-order valence-corrected chi connectivity index (χ4v) is 5.71. The Kier molecular flexibility index (Phi) is 6.15. The highest BCUT2D eigenvalue weighted by Crippen LogP contribution is 2.34. The van der Waals surface area contributed by atoms with Crippen LogP contribution in [-0.4, -0.2) is 39.2 Å². The number of thiazole rings is 1. The van der Waals surface area contributed by atoms with Crippen LogP contribution in [0.1, 0.15) is 43.1 Å². The molecule has 3 amide bonds. The first-order chi connectivity index (χ1) is 17.5. The molecule has 0 N–H and O–H groups in total. The molecule has 5 rings (SSSR count). The maximum atomic E-state index is 13.5. The van der Waals surface area contributed by atoms with E-state index in [0.717, 1.165) is 25.7 Å². The van der Waals surface area contributed by atoms with E-state index in [-0.39, 0.29) is 17.9 Å². The standard InChI is InChI=1S/C29H26FN3O3S/c1-17-5-14-22-24(15-17)37-26(31-22)18-8-12-21(13-9-18)32-25(34)16-23(28(32)36)33(29(2,3)4)27(35)19-6-10-20(30)11-7-19/h5-15,23H,16H2,1-4H3. The molecular formula is C29H26FN3O3S. The number of halogens is 1. The number of rotatable bonds is 4. The molecule has 0 saturated carbocycles. The molecule has 1 aliphatic rings. The van der Waals surface area contributed by atoms with Crippen molar-refractivity contribution in [2.45, 2.75) is 45.7 Å². The van der Waals surface area contributed by atoms with Crippen LogP contribution < -0.4 is 4.90 Å². The van der Waals surface area contributed by atoms with Gasteiger partial charge in [0, 0.05) is 16.7 Å². The first-order valence-corrected chi connectivity index (χ1v) is 12.8. The lowest BCUT2D eigenvalue weighted by atomic mass is 9.99. The third-order valence-corrected chi connectivity index (χ3v) is 7.45. The number of fused-ring (bicyclic) bond motifs is 1. The van der Waals surface area contributed by atoms with Gasteiger partial charge in [0.1, 0.15) is 16.9 Å². The molecule has 0 aliphatic carbocycles. The number of aryl methyl sites for hydroxylation is 1. The molecule has 8 heteroatoms. The number of benzene rings is 3. The average Bonchev–Trinajstić information content (AvgIpc) is 3.38. The molecule has 1 saturated heterocycles. The van der Waals surface area contributed by atoms with Crippen molar-refractivity contribution in [2.24, 2.45) is 0 Å². The predicted molar refractivity (Wildman–Crippen MR) is 143 cm³/mol. The molecule has 37 heavy (non-hydrogen) atoms. The fourth-order valence-electron chi connectivity index (χ4n) is 4.64. The van der Waals surface area contributed by atoms with Crippen LogP contribution in [0.4, 0.5) is 10.1 Å². The lowest BCUT2D eigenvalue weighted by Gasteiger charge is -2.39. The Bertz CT molecular complexity index is 1520. The molecule has 2 heterocycles. The largest absolute Gasteiger partial charge is 0.321 e. The third-order valence-electron chi connectivity index (χ3n) is 6.38. The summed E-state index contributed by atoms with van der Waals surface area (Å²) in [5, 5.41) is 0.855. The summed E-state index contributed by atoms with van der Waals surface area (Å²) in [6.07, 6.45) is -0.123. The van der Waals surface area contributed by atoms with E-state index in [1.807, 2.05) is 52.0 Å². The molecule has 1 fully saturated rings. The molecule has 4 aromatic rings. The van der Waals surface area contributed by atoms with Crippen molar-refractivity contribution in [1.29, 1.82) is 0 Å². The van der Waals surface area contributed by atoms with Crippen LogP contribution in [0.25, 0.3) is 20.8 Å². The van der Waals surface area contributed by atoms with Crippen molar-refractivity contribution >= 4 is 45.0 Å². The van der Waals surface area contributed by atoms with Gasteiger partial charge < -0.3 is 4.90 Å². The summed E-state index contributed by atoms with van der Waals surface area (Å²) >= 11 is 1.59. The van der Waals surface area contributed by atoms with Crippen molar-refractivity contribution in [3.63, 3.8) is 0 Å². The van der Waals surface area contributed by atoms with Gasteiger partial charge in [-0.15, -0.1) is 11.3 Å². The average molecular weight is 516 g/mol. The van der Waals surface area contributed by atoms with E-state index in [1.54, 1.807) is 23.5 Å². The van der Waals surface area contributed by atoms with Crippen LogP contribution in [0.2, 0.25) is 0 Å². The van der Waals surface area contributed by atoms with Gasteiger partial charge >= 0.3 is 0 Å². The zero-order valence-corrected chi connectivity index (χ0v) is 21.8. The Labute approximate surface area is 218 Å². The Hall–Kier alpha value is -3.91. The molecule has 1 aromatic heterocycles. The van der Waals surface area contributed by atoms with Gasteiger partial charge in [0.25, 0.3) is 11.8 Å². The second-order valence-electron chi connectivity index (χ2n) is 10.2. The van der Waals surface area contributed by atoms with Gasteiger partial charge in [0.2, 0.25) is 5.91 Å². The lowest BCUT2D eigenvalue weighted by molar-refractivity contribution is -0.123. The second-order valence-corrected chi connectivity index (χ2v) is 11.2. The Morgan fingerprint density at radius 3 is 2.35 bits per heavy atom. The van der Waals surface area contributed by atoms with Crippen LogP contribution >= 0.6 is 11.3 Å². The van der Waals surface area contributed by atoms with Gasteiger partial charge in [-0.3, -0.25) is 14.4 Å². The molecule has 6 nitrogen and oxygen atoms in total. The Balaban J connectivity index is 1.42. The summed E-state index contributed by atoms with van der Waals surface area (Å²) < 4.78 is 14.5. The minimum absolute atomic E-state index is 0.123. The number of hydrogen-bond donors (Lipinski definition) is 0. The molecule has 1 atom stereocenters. The molecular weight excluding hydrogens is 489 g/mol. The highest BCUT2D eigenvalue weighted by Gasteiger charge is 2.47. The van der Waals surface area contributed by atoms with Gasteiger partial charge in [-0.25, -0.2) is 14.3 Å². The van der Waals surface area contributed by atoms with Gasteiger partial charge in [0.05, 0.1) is 22.3 Å². The van der Waals surface area contributed by atoms with E-state index in [9.17, 15) is 18.8 Å². The molecule has 188 valence electrons. The summed E-state index contributed by atoms with van der Waals surface area (Å²) in [5.41, 5.74) is 2.93. The number of carbonyl (C=O) groups is 3. The SMILES string of the molecule is Cc1ccc2nc(-c3ccc(N4C(=O)CC(N(C(=O)c5ccc(F)cc5)C(C)(C)C)C4=O)cc3)sc2c1. The number of aromatic nitrogens is 1. The monoisotopic (exact) mass is 515 g/mol. The van der Waals surface area contributed by atoms with Crippen molar-refractivity contribution in [3.05, 3.63) is 83.7 Å². The second kappa shape index (κ2) is 9.19. The lowest BCUT2D eigenvalue weighted by Crippen LogP contribution is -2.54. The van der Waals surface area contributed by atoms with Gasteiger partial charge in [-0.05, 0) is 93.9 Å². The first-order valence-electron chi connectivity index (χ1n) is 12.0. The molecule has 0 bridgehead atoms. The summed E-state index contributed by atoms with van der Waals surface area (Å²) in [5.74, 6) is -1.72. The zero-order chi connectivity index (χ0) is 26.5. The topological polar surface area (TPSA) is 70.6 Å². The van der Waals surface area contributed by atoms with Crippen molar-refractivity contribution in [3.8, 4) is 10.6 Å². The summed E-state index contributed by atoms with van der Waals surface area (Å²) in [6, 6.07) is 17.5. The number of carbonyl (C=O) groups excluding carboxylic acids is 3. The number of nitrogens with zero attached hydrogens (tertiary/aromatic N) is 3. The van der Waals surface area contributed by atoms with E-state index < -0.39 is 29.2 Å². The quantitative estimate of drug-likeness (QED) is 0.313. The van der Waals surface area contributed by atoms with Crippen LogP contribution in [0.3, 0.4) is 0 Å². The summed E-state index contributed by atoms with van der Waals surface area (Å²) in [4.78, 5) is 47.3. The smallest absolute Gasteiger partial charge is 0.257 e. The van der Waals surface area contributed by atoms with E-state index in [2.05, 4.69) is 6.07 Å². The van der Waals surface area contributed by atoms with Gasteiger partial charge in [0.15, 0.2) is 0 Å². The highest BCUT2D eigenvalue weighted by molar-refractivity contribution is 7.21. The molecule has 0 radical (unpaired) electrons. The van der Waals surface area contributed by atoms with Crippen molar-refractivity contribution in [1.82, 2.24) is 9.88 Å². The number of hydrogen-bond acceptors (Lipinski definition) is 5. The third kappa shape index (κ3) is 4.64. The van der Waals surface area contributed by atoms with Crippen molar-refractivity contribution < 1.29 is 18.8 Å². The van der Waals surface area contributed by atoms with E-state index in [0.29, 0.717) is 5.69 Å². The summed E-state index contributed by atoms with van der Waals surface area (Å²) in [6.45, 7) is 7.47. The van der Waals surface area contributed by atoms with Crippen LogP contribution in [0, 0.1) is 12.7 Å². The van der Waals surface area contributed by atoms with E-state index >= 15 is 0 Å². The maximum absolute atomic E-state index is 13.5. The van der Waals surface area contributed by atoms with E-state index in [1.165, 1.54) is 34.7 Å². The number of amides is 3. The Morgan fingerprint density at radius 2 is 1.70 bits per heavy atom. The number of imide groups is 1. The normalized spacial score (nSPS) is 16.0. The Morgan fingerprint density at radius 1 is 1.03 bits per heavy atom. The van der Waals surface area contributed by atoms with Crippen LogP contribution in [0.5, 0.6) is 0 Å². The van der Waals surface area contributed by atoms with Crippen LogP contribution in [0.15, 0.2) is 66.7 Å². The highest BCUT2D eigenvalue weighted by atomic mass is 32.1. The summed E-state index contributed by atoms with van der Waals surface area (Å²) in [7, 11) is 0. The van der Waals surface area contributed by atoms with Gasteiger partial charge in [-0.1, -0.05) is 6.07 Å². The fraction of sp³-hybridized carbons (Fsp3) is 0.241. The predicted octanol–water partition coefficient (Wildman–Crippen LogP) is 5.98. The molecule has 3 aromatic carbocycles.